The molecule has 1 aliphatic rings. The Bertz CT molecular complexity index is 991. The summed E-state index contributed by atoms with van der Waals surface area (Å²) in [6.07, 6.45) is 0. The number of rotatable bonds is 7. The van der Waals surface area contributed by atoms with Gasteiger partial charge in [-0.1, -0.05) is 45.0 Å². The molecule has 0 unspecified atom stereocenters. The van der Waals surface area contributed by atoms with Crippen molar-refractivity contribution in [2.24, 2.45) is 0 Å². The first-order chi connectivity index (χ1) is 14.7. The zero-order valence-electron chi connectivity index (χ0n) is 18.3. The highest BCUT2D eigenvalue weighted by atomic mass is 32.2. The molecule has 1 fully saturated rings. The minimum Gasteiger partial charge on any atom is -0.484 e. The van der Waals surface area contributed by atoms with Crippen LogP contribution in [0.5, 0.6) is 5.75 Å². The number of amides is 1. The largest absolute Gasteiger partial charge is 0.484 e. The quantitative estimate of drug-likeness (QED) is 0.707. The Balaban J connectivity index is 1.50. The molecule has 2 aromatic rings. The maximum absolute atomic E-state index is 12.7. The summed E-state index contributed by atoms with van der Waals surface area (Å²) in [6.45, 7) is 8.11. The molecule has 1 aliphatic heterocycles. The van der Waals surface area contributed by atoms with Gasteiger partial charge in [-0.2, -0.15) is 4.31 Å². The number of carbonyl (C=O) groups is 1. The lowest BCUT2D eigenvalue weighted by Crippen LogP contribution is -2.40. The van der Waals surface area contributed by atoms with E-state index >= 15 is 0 Å². The van der Waals surface area contributed by atoms with Crippen LogP contribution >= 0.6 is 0 Å². The van der Waals surface area contributed by atoms with Crippen molar-refractivity contribution in [3.8, 4) is 5.75 Å². The summed E-state index contributed by atoms with van der Waals surface area (Å²) >= 11 is 0. The van der Waals surface area contributed by atoms with Gasteiger partial charge >= 0.3 is 0 Å². The van der Waals surface area contributed by atoms with Gasteiger partial charge in [0.15, 0.2) is 6.61 Å². The number of ether oxygens (including phenoxy) is 2. The summed E-state index contributed by atoms with van der Waals surface area (Å²) in [6, 6.07) is 14.3. The van der Waals surface area contributed by atoms with Crippen LogP contribution in [0.25, 0.3) is 0 Å². The highest BCUT2D eigenvalue weighted by Crippen LogP contribution is 2.25. The maximum atomic E-state index is 12.7. The summed E-state index contributed by atoms with van der Waals surface area (Å²) in [5.74, 6) is 0.409. The second-order valence-electron chi connectivity index (χ2n) is 8.50. The Morgan fingerprint density at radius 2 is 1.77 bits per heavy atom. The highest BCUT2D eigenvalue weighted by Gasteiger charge is 2.26. The second-order valence-corrected chi connectivity index (χ2v) is 10.4. The molecule has 0 radical (unpaired) electrons. The third kappa shape index (κ3) is 6.29. The fraction of sp³-hybridized carbons (Fsp3) is 0.435. The molecule has 1 amide bonds. The van der Waals surface area contributed by atoms with Gasteiger partial charge in [-0.25, -0.2) is 8.42 Å². The highest BCUT2D eigenvalue weighted by molar-refractivity contribution is 7.89. The van der Waals surface area contributed by atoms with Crippen LogP contribution in [0.1, 0.15) is 31.9 Å². The van der Waals surface area contributed by atoms with Crippen LogP contribution in [0.15, 0.2) is 53.4 Å². The van der Waals surface area contributed by atoms with Gasteiger partial charge in [0, 0.05) is 19.6 Å². The molecule has 1 saturated heterocycles. The number of nitrogens with zero attached hydrogens (tertiary/aromatic N) is 1. The van der Waals surface area contributed by atoms with Crippen molar-refractivity contribution in [2.45, 2.75) is 37.6 Å². The van der Waals surface area contributed by atoms with Crippen molar-refractivity contribution >= 4 is 15.9 Å². The van der Waals surface area contributed by atoms with Gasteiger partial charge in [-0.15, -0.1) is 0 Å². The number of carbonyl (C=O) groups excluding carboxylic acids is 1. The molecule has 168 valence electrons. The third-order valence-electron chi connectivity index (χ3n) is 5.09. The van der Waals surface area contributed by atoms with Crippen LogP contribution in [0.4, 0.5) is 0 Å². The van der Waals surface area contributed by atoms with E-state index in [2.05, 4.69) is 26.1 Å². The average molecular weight is 447 g/mol. The molecule has 2 aromatic carbocycles. The van der Waals surface area contributed by atoms with Gasteiger partial charge < -0.3 is 14.8 Å². The van der Waals surface area contributed by atoms with Crippen LogP contribution in [0.3, 0.4) is 0 Å². The number of benzene rings is 2. The van der Waals surface area contributed by atoms with Crippen LogP contribution in [-0.2, 0) is 31.5 Å². The van der Waals surface area contributed by atoms with Gasteiger partial charge in [0.25, 0.3) is 5.91 Å². The summed E-state index contributed by atoms with van der Waals surface area (Å²) in [7, 11) is -3.52. The molecule has 0 aromatic heterocycles. The predicted molar refractivity (Wildman–Crippen MR) is 119 cm³/mol. The smallest absolute Gasteiger partial charge is 0.258 e. The van der Waals surface area contributed by atoms with E-state index in [1.807, 2.05) is 24.3 Å². The minimum atomic E-state index is -3.52. The minimum absolute atomic E-state index is 0.00302. The van der Waals surface area contributed by atoms with E-state index in [1.54, 1.807) is 24.3 Å². The molecule has 1 heterocycles. The van der Waals surface area contributed by atoms with E-state index in [9.17, 15) is 13.2 Å². The Morgan fingerprint density at radius 1 is 1.10 bits per heavy atom. The van der Waals surface area contributed by atoms with Crippen LogP contribution in [0, 0.1) is 0 Å². The SMILES string of the molecule is CC(C)(C)c1cccc(OCC(=O)NCc2ccc(S(=O)(=O)N3CCOCC3)cc2)c1. The molecule has 0 spiro atoms. The molecule has 8 heteroatoms. The summed E-state index contributed by atoms with van der Waals surface area (Å²) in [5, 5.41) is 2.80. The lowest BCUT2D eigenvalue weighted by Gasteiger charge is -2.26. The van der Waals surface area contributed by atoms with E-state index in [-0.39, 0.29) is 22.8 Å². The monoisotopic (exact) mass is 446 g/mol. The first-order valence-corrected chi connectivity index (χ1v) is 11.8. The number of morpholine rings is 1. The van der Waals surface area contributed by atoms with Crippen molar-refractivity contribution in [1.82, 2.24) is 9.62 Å². The number of nitrogens with one attached hydrogen (secondary N) is 1. The lowest BCUT2D eigenvalue weighted by atomic mass is 9.87. The van der Waals surface area contributed by atoms with Gasteiger partial charge in [0.1, 0.15) is 5.75 Å². The molecule has 0 saturated carbocycles. The molecular formula is C23H30N2O5S. The third-order valence-corrected chi connectivity index (χ3v) is 7.00. The lowest BCUT2D eigenvalue weighted by molar-refractivity contribution is -0.123. The van der Waals surface area contributed by atoms with Gasteiger partial charge in [0.2, 0.25) is 10.0 Å². The number of hydrogen-bond acceptors (Lipinski definition) is 5. The Kier molecular flexibility index (Phi) is 7.35. The Hall–Kier alpha value is -2.42. The average Bonchev–Trinajstić information content (AvgIpc) is 2.77. The Labute approximate surface area is 184 Å². The van der Waals surface area contributed by atoms with Crippen molar-refractivity contribution < 1.29 is 22.7 Å². The summed E-state index contributed by atoms with van der Waals surface area (Å²) < 4.78 is 37.6. The van der Waals surface area contributed by atoms with Crippen LogP contribution < -0.4 is 10.1 Å². The fourth-order valence-corrected chi connectivity index (χ4v) is 4.58. The first-order valence-electron chi connectivity index (χ1n) is 10.3. The van der Waals surface area contributed by atoms with Gasteiger partial charge in [-0.3, -0.25) is 4.79 Å². The molecular weight excluding hydrogens is 416 g/mol. The van der Waals surface area contributed by atoms with Crippen molar-refractivity contribution in [2.75, 3.05) is 32.9 Å². The zero-order chi connectivity index (χ0) is 22.5. The first kappa shape index (κ1) is 23.2. The van der Waals surface area contributed by atoms with Gasteiger partial charge in [0.05, 0.1) is 18.1 Å². The standard InChI is InChI=1S/C23H30N2O5S/c1-23(2,3)19-5-4-6-20(15-19)30-17-22(26)24-16-18-7-9-21(10-8-18)31(27,28)25-11-13-29-14-12-25/h4-10,15H,11-14,16-17H2,1-3H3,(H,24,26). The molecule has 7 nitrogen and oxygen atoms in total. The topological polar surface area (TPSA) is 84.9 Å². The normalized spacial score (nSPS) is 15.5. The van der Waals surface area contributed by atoms with E-state index in [4.69, 9.17) is 9.47 Å². The molecule has 0 atom stereocenters. The Morgan fingerprint density at radius 3 is 2.42 bits per heavy atom. The van der Waals surface area contributed by atoms with Crippen molar-refractivity contribution in [3.63, 3.8) is 0 Å². The van der Waals surface area contributed by atoms with Crippen molar-refractivity contribution in [3.05, 3.63) is 59.7 Å². The van der Waals surface area contributed by atoms with E-state index in [0.29, 0.717) is 38.6 Å². The predicted octanol–water partition coefficient (Wildman–Crippen LogP) is 2.70. The van der Waals surface area contributed by atoms with E-state index in [1.165, 1.54) is 4.31 Å². The second kappa shape index (κ2) is 9.80. The molecule has 3 rings (SSSR count). The van der Waals surface area contributed by atoms with Crippen molar-refractivity contribution in [1.29, 1.82) is 0 Å². The van der Waals surface area contributed by atoms with Crippen LogP contribution in [0.2, 0.25) is 0 Å². The number of hydrogen-bond donors (Lipinski definition) is 1. The zero-order valence-corrected chi connectivity index (χ0v) is 19.1. The maximum Gasteiger partial charge on any atom is 0.258 e. The molecule has 31 heavy (non-hydrogen) atoms. The number of sulfonamides is 1. The van der Waals surface area contributed by atoms with E-state index in [0.717, 1.165) is 11.1 Å². The fourth-order valence-electron chi connectivity index (χ4n) is 3.17. The van der Waals surface area contributed by atoms with Crippen LogP contribution in [-0.4, -0.2) is 51.5 Å². The van der Waals surface area contributed by atoms with Gasteiger partial charge in [-0.05, 0) is 40.8 Å². The van der Waals surface area contributed by atoms with E-state index < -0.39 is 10.0 Å². The molecule has 1 N–H and O–H groups in total. The molecule has 0 bridgehead atoms. The molecule has 0 aliphatic carbocycles. The summed E-state index contributed by atoms with van der Waals surface area (Å²) in [5.41, 5.74) is 1.95. The summed E-state index contributed by atoms with van der Waals surface area (Å²) in [4.78, 5) is 12.4.